The fraction of sp³-hybridized carbons (Fsp3) is 0.533. The normalized spacial score (nSPS) is 22.1. The van der Waals surface area contributed by atoms with Crippen molar-refractivity contribution in [2.75, 3.05) is 20.8 Å². The molecule has 2 N–H and O–H groups in total. The lowest BCUT2D eigenvalue weighted by Gasteiger charge is -2.28. The van der Waals surface area contributed by atoms with E-state index in [-0.39, 0.29) is 11.9 Å². The van der Waals surface area contributed by atoms with E-state index < -0.39 is 0 Å². The Morgan fingerprint density at radius 1 is 1.25 bits per heavy atom. The molecule has 0 aliphatic carbocycles. The molecule has 2 unspecified atom stereocenters. The molecule has 0 radical (unpaired) electrons. The van der Waals surface area contributed by atoms with Gasteiger partial charge in [-0.2, -0.15) is 0 Å². The molecule has 110 valence electrons. The second-order valence-corrected chi connectivity index (χ2v) is 5.15. The van der Waals surface area contributed by atoms with Crippen LogP contribution in [0.3, 0.4) is 0 Å². The minimum atomic E-state index is -0.0821. The minimum Gasteiger partial charge on any atom is -0.497 e. The molecule has 1 heterocycles. The number of nitrogens with one attached hydrogen (secondary N) is 2. The van der Waals surface area contributed by atoms with Crippen molar-refractivity contribution < 1.29 is 14.3 Å². The van der Waals surface area contributed by atoms with E-state index in [0.717, 1.165) is 19.4 Å². The zero-order valence-corrected chi connectivity index (χ0v) is 12.2. The summed E-state index contributed by atoms with van der Waals surface area (Å²) in [7, 11) is 3.15. The first-order chi connectivity index (χ1) is 9.62. The highest BCUT2D eigenvalue weighted by Gasteiger charge is 2.21. The molecule has 0 bridgehead atoms. The lowest BCUT2D eigenvalue weighted by Crippen LogP contribution is -2.46. The van der Waals surface area contributed by atoms with Crippen molar-refractivity contribution in [3.63, 3.8) is 0 Å². The lowest BCUT2D eigenvalue weighted by molar-refractivity contribution is 0.0925. The van der Waals surface area contributed by atoms with Crippen LogP contribution in [-0.2, 0) is 0 Å². The number of hydrogen-bond acceptors (Lipinski definition) is 4. The van der Waals surface area contributed by atoms with Crippen molar-refractivity contribution >= 4 is 5.91 Å². The number of piperidine rings is 1. The molecular formula is C15H22N2O3. The summed E-state index contributed by atoms with van der Waals surface area (Å²) in [6.45, 7) is 3.07. The van der Waals surface area contributed by atoms with Crippen molar-refractivity contribution in [1.82, 2.24) is 10.6 Å². The van der Waals surface area contributed by atoms with Crippen LogP contribution in [0, 0.1) is 0 Å². The van der Waals surface area contributed by atoms with E-state index in [1.54, 1.807) is 32.4 Å². The maximum Gasteiger partial charge on any atom is 0.251 e. The Hall–Kier alpha value is -1.75. The molecule has 1 aromatic carbocycles. The lowest BCUT2D eigenvalue weighted by atomic mass is 10.00. The van der Waals surface area contributed by atoms with Crippen LogP contribution in [-0.4, -0.2) is 38.8 Å². The van der Waals surface area contributed by atoms with Crippen LogP contribution < -0.4 is 20.1 Å². The summed E-state index contributed by atoms with van der Waals surface area (Å²) in [5.41, 5.74) is 0.562. The maximum absolute atomic E-state index is 12.3. The summed E-state index contributed by atoms with van der Waals surface area (Å²) in [4.78, 5) is 12.3. The predicted molar refractivity (Wildman–Crippen MR) is 77.5 cm³/mol. The predicted octanol–water partition coefficient (Wildman–Crippen LogP) is 1.57. The van der Waals surface area contributed by atoms with Gasteiger partial charge < -0.3 is 20.1 Å². The average molecular weight is 278 g/mol. The molecular weight excluding hydrogens is 256 g/mol. The molecule has 1 saturated heterocycles. The number of methoxy groups -OCH3 is 2. The topological polar surface area (TPSA) is 59.6 Å². The third kappa shape index (κ3) is 3.63. The number of rotatable bonds is 4. The van der Waals surface area contributed by atoms with Crippen LogP contribution in [0.5, 0.6) is 11.5 Å². The van der Waals surface area contributed by atoms with Crippen LogP contribution in [0.2, 0.25) is 0 Å². The van der Waals surface area contributed by atoms with E-state index in [1.165, 1.54) is 0 Å². The molecule has 1 amide bonds. The third-order valence-electron chi connectivity index (χ3n) is 3.57. The number of benzene rings is 1. The van der Waals surface area contributed by atoms with Crippen molar-refractivity contribution in [3.8, 4) is 11.5 Å². The first kappa shape index (κ1) is 14.7. The molecule has 0 spiro atoms. The van der Waals surface area contributed by atoms with E-state index in [9.17, 15) is 4.79 Å². The van der Waals surface area contributed by atoms with Gasteiger partial charge in [0.25, 0.3) is 5.91 Å². The highest BCUT2D eigenvalue weighted by molar-refractivity contribution is 5.95. The third-order valence-corrected chi connectivity index (χ3v) is 3.57. The first-order valence-corrected chi connectivity index (χ1v) is 6.89. The number of carbonyl (C=O) groups excluding carboxylic acids is 1. The molecule has 0 aromatic heterocycles. The molecule has 5 heteroatoms. The van der Waals surface area contributed by atoms with Gasteiger partial charge in [0, 0.05) is 23.7 Å². The molecule has 2 rings (SSSR count). The van der Waals surface area contributed by atoms with Gasteiger partial charge in [0.1, 0.15) is 11.5 Å². The Balaban J connectivity index is 2.08. The van der Waals surface area contributed by atoms with Gasteiger partial charge in [0.15, 0.2) is 0 Å². The molecule has 5 nitrogen and oxygen atoms in total. The summed E-state index contributed by atoms with van der Waals surface area (Å²) >= 11 is 0. The van der Waals surface area contributed by atoms with Crippen molar-refractivity contribution in [1.29, 1.82) is 0 Å². The summed E-state index contributed by atoms with van der Waals surface area (Å²) in [6, 6.07) is 5.86. The molecule has 1 aliphatic rings. The first-order valence-electron chi connectivity index (χ1n) is 6.89. The van der Waals surface area contributed by atoms with Gasteiger partial charge in [0.05, 0.1) is 14.2 Å². The van der Waals surface area contributed by atoms with Gasteiger partial charge >= 0.3 is 0 Å². The van der Waals surface area contributed by atoms with Gasteiger partial charge in [-0.15, -0.1) is 0 Å². The van der Waals surface area contributed by atoms with Crippen LogP contribution in [0.25, 0.3) is 0 Å². The number of carbonyl (C=O) groups is 1. The van der Waals surface area contributed by atoms with E-state index in [1.807, 2.05) is 0 Å². The summed E-state index contributed by atoms with van der Waals surface area (Å²) in [6.07, 6.45) is 1.91. The van der Waals surface area contributed by atoms with Crippen LogP contribution in [0.4, 0.5) is 0 Å². The summed E-state index contributed by atoms with van der Waals surface area (Å²) < 4.78 is 10.4. The van der Waals surface area contributed by atoms with E-state index >= 15 is 0 Å². The maximum atomic E-state index is 12.3. The van der Waals surface area contributed by atoms with Crippen molar-refractivity contribution in [3.05, 3.63) is 23.8 Å². The largest absolute Gasteiger partial charge is 0.497 e. The monoisotopic (exact) mass is 278 g/mol. The Kier molecular flexibility index (Phi) is 4.84. The Morgan fingerprint density at radius 2 is 1.90 bits per heavy atom. The highest BCUT2D eigenvalue weighted by atomic mass is 16.5. The van der Waals surface area contributed by atoms with E-state index in [4.69, 9.17) is 9.47 Å². The van der Waals surface area contributed by atoms with Gasteiger partial charge in [0.2, 0.25) is 0 Å². The van der Waals surface area contributed by atoms with Crippen molar-refractivity contribution in [2.24, 2.45) is 0 Å². The fourth-order valence-electron chi connectivity index (χ4n) is 2.47. The second kappa shape index (κ2) is 6.61. The highest BCUT2D eigenvalue weighted by Crippen LogP contribution is 2.22. The standard InChI is InChI=1S/C15H22N2O3/c1-10-6-12(4-5-16-10)17-15(18)11-7-13(19-2)9-14(8-11)20-3/h7-10,12,16H,4-6H2,1-3H3,(H,17,18). The van der Waals surface area contributed by atoms with Crippen molar-refractivity contribution in [2.45, 2.75) is 31.8 Å². The molecule has 1 aliphatic heterocycles. The summed E-state index contributed by atoms with van der Waals surface area (Å²) in [5.74, 6) is 1.16. The SMILES string of the molecule is COc1cc(OC)cc(C(=O)NC2CCNC(C)C2)c1. The molecule has 2 atom stereocenters. The zero-order valence-electron chi connectivity index (χ0n) is 12.2. The second-order valence-electron chi connectivity index (χ2n) is 5.15. The Bertz CT molecular complexity index is 454. The van der Waals surface area contributed by atoms with Gasteiger partial charge in [-0.1, -0.05) is 0 Å². The van der Waals surface area contributed by atoms with Gasteiger partial charge in [-0.3, -0.25) is 4.79 Å². The van der Waals surface area contributed by atoms with Gasteiger partial charge in [-0.25, -0.2) is 0 Å². The zero-order chi connectivity index (χ0) is 14.5. The van der Waals surface area contributed by atoms with Crippen LogP contribution >= 0.6 is 0 Å². The molecule has 1 aromatic rings. The smallest absolute Gasteiger partial charge is 0.251 e. The van der Waals surface area contributed by atoms with E-state index in [2.05, 4.69) is 17.6 Å². The molecule has 0 saturated carbocycles. The van der Waals surface area contributed by atoms with E-state index in [0.29, 0.717) is 23.1 Å². The Morgan fingerprint density at radius 3 is 2.45 bits per heavy atom. The molecule has 1 fully saturated rings. The van der Waals surface area contributed by atoms with Crippen LogP contribution in [0.1, 0.15) is 30.1 Å². The minimum absolute atomic E-state index is 0.0821. The quantitative estimate of drug-likeness (QED) is 0.878. The number of hydrogen-bond donors (Lipinski definition) is 2. The summed E-state index contributed by atoms with van der Waals surface area (Å²) in [5, 5.41) is 6.45. The van der Waals surface area contributed by atoms with Crippen LogP contribution in [0.15, 0.2) is 18.2 Å². The number of ether oxygens (including phenoxy) is 2. The average Bonchev–Trinajstić information content (AvgIpc) is 2.46. The Labute approximate surface area is 119 Å². The fourth-order valence-corrected chi connectivity index (χ4v) is 2.47. The van der Waals surface area contributed by atoms with Gasteiger partial charge in [-0.05, 0) is 38.4 Å². The molecule has 20 heavy (non-hydrogen) atoms. The number of amides is 1.